The van der Waals surface area contributed by atoms with Crippen LogP contribution < -0.4 is 19.1 Å². The van der Waals surface area contributed by atoms with Gasteiger partial charge in [-0.2, -0.15) is 0 Å². The minimum absolute atomic E-state index is 0.0469. The fourth-order valence-corrected chi connectivity index (χ4v) is 4.11. The highest BCUT2D eigenvalue weighted by Crippen LogP contribution is 2.38. The van der Waals surface area contributed by atoms with E-state index in [0.29, 0.717) is 18.0 Å². The second-order valence-electron chi connectivity index (χ2n) is 7.31. The molecule has 9 heteroatoms. The summed E-state index contributed by atoms with van der Waals surface area (Å²) in [4.78, 5) is 14.1. The lowest BCUT2D eigenvalue weighted by atomic mass is 9.93. The molecule has 3 rings (SSSR count). The van der Waals surface area contributed by atoms with Crippen LogP contribution in [-0.4, -0.2) is 34.6 Å². The van der Waals surface area contributed by atoms with Crippen LogP contribution in [0.3, 0.4) is 0 Å². The Balaban J connectivity index is 1.93. The fraction of sp³-hybridized carbons (Fsp3) is 0.350. The van der Waals surface area contributed by atoms with Gasteiger partial charge in [0.25, 0.3) is 10.0 Å². The first kappa shape index (κ1) is 20.9. The zero-order valence-corrected chi connectivity index (χ0v) is 17.5. The molecule has 0 radical (unpaired) electrons. The maximum atomic E-state index is 13.9. The van der Waals surface area contributed by atoms with E-state index in [1.165, 1.54) is 31.4 Å². The summed E-state index contributed by atoms with van der Waals surface area (Å²) in [6.45, 7) is 6.07. The van der Waals surface area contributed by atoms with Crippen LogP contribution in [0.5, 0.6) is 11.5 Å². The molecule has 0 unspecified atom stereocenters. The van der Waals surface area contributed by atoms with Gasteiger partial charge in [-0.15, -0.1) is 0 Å². The number of carbonyl (C=O) groups excluding carboxylic acids is 1. The molecule has 156 valence electrons. The minimum Gasteiger partial charge on any atom is -0.494 e. The van der Waals surface area contributed by atoms with Gasteiger partial charge in [-0.05, 0) is 51.1 Å². The number of anilines is 2. The molecule has 0 bridgehead atoms. The summed E-state index contributed by atoms with van der Waals surface area (Å²) in [5.41, 5.74) is 0.0969. The van der Waals surface area contributed by atoms with Crippen LogP contribution in [-0.2, 0) is 14.8 Å². The molecule has 1 aliphatic rings. The van der Waals surface area contributed by atoms with Gasteiger partial charge in [-0.1, -0.05) is 0 Å². The molecule has 0 spiro atoms. The number of rotatable bonds is 5. The first-order valence-corrected chi connectivity index (χ1v) is 10.5. The Labute approximate surface area is 169 Å². The number of hydrogen-bond acceptors (Lipinski definition) is 5. The van der Waals surface area contributed by atoms with E-state index in [9.17, 15) is 17.6 Å². The molecule has 1 amide bonds. The van der Waals surface area contributed by atoms with Gasteiger partial charge in [0.15, 0.2) is 11.6 Å². The van der Waals surface area contributed by atoms with Crippen molar-refractivity contribution in [2.45, 2.75) is 25.7 Å². The number of fused-ring (bicyclic) bond motifs is 1. The zero-order chi connectivity index (χ0) is 21.4. The van der Waals surface area contributed by atoms with Crippen molar-refractivity contribution < 1.29 is 27.1 Å². The molecule has 1 aliphatic heterocycles. The third kappa shape index (κ3) is 4.00. The van der Waals surface area contributed by atoms with Gasteiger partial charge < -0.3 is 14.4 Å². The predicted octanol–water partition coefficient (Wildman–Crippen LogP) is 3.41. The van der Waals surface area contributed by atoms with Crippen molar-refractivity contribution in [3.8, 4) is 11.5 Å². The number of amides is 1. The van der Waals surface area contributed by atoms with Crippen LogP contribution in [0, 0.1) is 11.2 Å². The van der Waals surface area contributed by atoms with Crippen molar-refractivity contribution in [1.82, 2.24) is 0 Å². The molecule has 0 fully saturated rings. The number of methoxy groups -OCH3 is 1. The number of nitrogens with zero attached hydrogens (tertiary/aromatic N) is 1. The van der Waals surface area contributed by atoms with Crippen molar-refractivity contribution in [3.05, 3.63) is 42.2 Å². The SMILES string of the molecule is CCN1C(=O)C(C)(C)COc2cc(NS(=O)(=O)c3ccc(OC)c(F)c3)ccc21. The average molecular weight is 422 g/mol. The van der Waals surface area contributed by atoms with Crippen molar-refractivity contribution in [1.29, 1.82) is 0 Å². The van der Waals surface area contributed by atoms with Crippen LogP contribution in [0.15, 0.2) is 41.3 Å². The summed E-state index contributed by atoms with van der Waals surface area (Å²) in [5.74, 6) is -0.498. The van der Waals surface area contributed by atoms with Crippen LogP contribution in [0.25, 0.3) is 0 Å². The highest BCUT2D eigenvalue weighted by Gasteiger charge is 2.37. The standard InChI is InChI=1S/C20H23FN2O5S/c1-5-23-16-8-6-13(10-18(16)28-12-20(2,3)19(23)24)22-29(25,26)14-7-9-17(27-4)15(21)11-14/h6-11,22H,5,12H2,1-4H3. The summed E-state index contributed by atoms with van der Waals surface area (Å²) in [6, 6.07) is 8.07. The van der Waals surface area contributed by atoms with Crippen LogP contribution in [0.2, 0.25) is 0 Å². The van der Waals surface area contributed by atoms with Crippen molar-refractivity contribution in [3.63, 3.8) is 0 Å². The fourth-order valence-electron chi connectivity index (χ4n) is 3.05. The number of halogens is 1. The maximum Gasteiger partial charge on any atom is 0.262 e. The smallest absolute Gasteiger partial charge is 0.262 e. The summed E-state index contributed by atoms with van der Waals surface area (Å²) in [5, 5.41) is 0. The Hall–Kier alpha value is -2.81. The number of nitrogens with one attached hydrogen (secondary N) is 1. The average Bonchev–Trinajstić information content (AvgIpc) is 2.76. The lowest BCUT2D eigenvalue weighted by Crippen LogP contribution is -2.42. The normalized spacial score (nSPS) is 15.9. The first-order chi connectivity index (χ1) is 13.6. The Kier molecular flexibility index (Phi) is 5.44. The van der Waals surface area contributed by atoms with Crippen LogP contribution in [0.4, 0.5) is 15.8 Å². The summed E-state index contributed by atoms with van der Waals surface area (Å²) in [7, 11) is -2.73. The van der Waals surface area contributed by atoms with E-state index in [1.54, 1.807) is 24.8 Å². The highest BCUT2D eigenvalue weighted by molar-refractivity contribution is 7.92. The van der Waals surface area contributed by atoms with Crippen molar-refractivity contribution in [2.75, 3.05) is 29.9 Å². The quantitative estimate of drug-likeness (QED) is 0.798. The third-order valence-electron chi connectivity index (χ3n) is 4.67. The van der Waals surface area contributed by atoms with Crippen LogP contribution >= 0.6 is 0 Å². The van der Waals surface area contributed by atoms with Gasteiger partial charge in [-0.25, -0.2) is 12.8 Å². The largest absolute Gasteiger partial charge is 0.494 e. The zero-order valence-electron chi connectivity index (χ0n) is 16.7. The molecular formula is C20H23FN2O5S. The number of hydrogen-bond donors (Lipinski definition) is 1. The topological polar surface area (TPSA) is 84.9 Å². The highest BCUT2D eigenvalue weighted by atomic mass is 32.2. The molecule has 0 atom stereocenters. The van der Waals surface area contributed by atoms with E-state index in [-0.39, 0.29) is 28.8 Å². The molecule has 1 N–H and O–H groups in total. The molecule has 29 heavy (non-hydrogen) atoms. The van der Waals surface area contributed by atoms with Gasteiger partial charge >= 0.3 is 0 Å². The van der Waals surface area contributed by atoms with Crippen LogP contribution in [0.1, 0.15) is 20.8 Å². The molecule has 2 aromatic rings. The summed E-state index contributed by atoms with van der Waals surface area (Å²) < 4.78 is 52.2. The maximum absolute atomic E-state index is 13.9. The number of benzene rings is 2. The summed E-state index contributed by atoms with van der Waals surface area (Å²) in [6.07, 6.45) is 0. The molecule has 0 aliphatic carbocycles. The van der Waals surface area contributed by atoms with Crippen molar-refractivity contribution >= 4 is 27.3 Å². The Morgan fingerprint density at radius 1 is 1.24 bits per heavy atom. The van der Waals surface area contributed by atoms with Gasteiger partial charge in [0.05, 0.1) is 28.8 Å². The molecule has 0 aromatic heterocycles. The van der Waals surface area contributed by atoms with E-state index < -0.39 is 21.3 Å². The van der Waals surface area contributed by atoms with Gasteiger partial charge in [0.2, 0.25) is 5.91 Å². The number of sulfonamides is 1. The minimum atomic E-state index is -4.03. The third-order valence-corrected chi connectivity index (χ3v) is 6.04. The van der Waals surface area contributed by atoms with Gasteiger partial charge in [0, 0.05) is 12.6 Å². The molecule has 2 aromatic carbocycles. The lowest BCUT2D eigenvalue weighted by Gasteiger charge is -2.26. The molecule has 0 saturated heterocycles. The van der Waals surface area contributed by atoms with E-state index in [0.717, 1.165) is 6.07 Å². The molecular weight excluding hydrogens is 399 g/mol. The van der Waals surface area contributed by atoms with E-state index >= 15 is 0 Å². The first-order valence-electron chi connectivity index (χ1n) is 9.04. The molecule has 7 nitrogen and oxygen atoms in total. The molecule has 1 heterocycles. The van der Waals surface area contributed by atoms with Gasteiger partial charge in [-0.3, -0.25) is 9.52 Å². The number of carbonyl (C=O) groups is 1. The van der Waals surface area contributed by atoms with E-state index in [1.807, 2.05) is 6.92 Å². The van der Waals surface area contributed by atoms with Crippen molar-refractivity contribution in [2.24, 2.45) is 5.41 Å². The lowest BCUT2D eigenvalue weighted by molar-refractivity contribution is -0.127. The predicted molar refractivity (Wildman–Crippen MR) is 108 cm³/mol. The molecule has 0 saturated carbocycles. The Morgan fingerprint density at radius 3 is 2.59 bits per heavy atom. The second-order valence-corrected chi connectivity index (χ2v) is 8.99. The Bertz CT molecular complexity index is 1050. The number of ether oxygens (including phenoxy) is 2. The second kappa shape index (κ2) is 7.55. The van der Waals surface area contributed by atoms with E-state index in [4.69, 9.17) is 9.47 Å². The monoisotopic (exact) mass is 422 g/mol. The van der Waals surface area contributed by atoms with Gasteiger partial charge in [0.1, 0.15) is 12.4 Å². The summed E-state index contributed by atoms with van der Waals surface area (Å²) >= 11 is 0. The van der Waals surface area contributed by atoms with E-state index in [2.05, 4.69) is 4.72 Å². The Morgan fingerprint density at radius 2 is 1.97 bits per heavy atom.